The molecule has 2 aromatic rings. The highest BCUT2D eigenvalue weighted by atomic mass is 32.2. The first-order chi connectivity index (χ1) is 10.7. The summed E-state index contributed by atoms with van der Waals surface area (Å²) in [7, 11) is 0. The van der Waals surface area contributed by atoms with E-state index in [0.717, 1.165) is 17.0 Å². The van der Waals surface area contributed by atoms with Gasteiger partial charge < -0.3 is 10.4 Å². The number of nitrogens with one attached hydrogen (secondary N) is 1. The number of para-hydroxylation sites is 1. The third-order valence-corrected chi connectivity index (χ3v) is 4.12. The van der Waals surface area contributed by atoms with Crippen LogP contribution < -0.4 is 5.32 Å². The molecule has 1 aromatic heterocycles. The number of thioether (sulfide) groups is 1. The fourth-order valence-electron chi connectivity index (χ4n) is 2.22. The number of nitrogens with zero attached hydrogens (tertiary/aromatic N) is 2. The van der Waals surface area contributed by atoms with Crippen molar-refractivity contribution in [1.29, 1.82) is 0 Å². The van der Waals surface area contributed by atoms with Crippen LogP contribution in [0.4, 0.5) is 0 Å². The molecule has 1 atom stereocenters. The molecule has 0 saturated heterocycles. The monoisotopic (exact) mass is 319 g/mol. The summed E-state index contributed by atoms with van der Waals surface area (Å²) in [5, 5.41) is 16.3. The zero-order chi connectivity index (χ0) is 15.9. The quantitative estimate of drug-likeness (QED) is 0.819. The minimum atomic E-state index is -0.160. The van der Waals surface area contributed by atoms with E-state index >= 15 is 0 Å². The Morgan fingerprint density at radius 2 is 2.23 bits per heavy atom. The number of aryl methyl sites for hydroxylation is 1. The van der Waals surface area contributed by atoms with Gasteiger partial charge in [0.1, 0.15) is 0 Å². The molecular weight excluding hydrogens is 298 g/mol. The Morgan fingerprint density at radius 3 is 2.91 bits per heavy atom. The summed E-state index contributed by atoms with van der Waals surface area (Å²) in [4.78, 5) is 12.3. The molecule has 2 N–H and O–H groups in total. The number of amides is 1. The lowest BCUT2D eigenvalue weighted by Crippen LogP contribution is -2.37. The fourth-order valence-corrected chi connectivity index (χ4v) is 2.87. The van der Waals surface area contributed by atoms with Gasteiger partial charge in [-0.05, 0) is 31.2 Å². The molecule has 6 heteroatoms. The van der Waals surface area contributed by atoms with Crippen LogP contribution in [0, 0.1) is 6.92 Å². The Labute approximate surface area is 134 Å². The maximum Gasteiger partial charge on any atom is 0.254 e. The van der Waals surface area contributed by atoms with E-state index in [9.17, 15) is 4.79 Å². The third kappa shape index (κ3) is 4.11. The molecule has 1 unspecified atom stereocenters. The van der Waals surface area contributed by atoms with Crippen molar-refractivity contribution in [3.63, 3.8) is 0 Å². The summed E-state index contributed by atoms with van der Waals surface area (Å²) in [5.41, 5.74) is 2.57. The van der Waals surface area contributed by atoms with Crippen LogP contribution in [-0.2, 0) is 0 Å². The zero-order valence-corrected chi connectivity index (χ0v) is 13.6. The molecule has 0 fully saturated rings. The van der Waals surface area contributed by atoms with Gasteiger partial charge in [-0.25, -0.2) is 4.68 Å². The first-order valence-electron chi connectivity index (χ1n) is 7.17. The maximum absolute atomic E-state index is 12.3. The number of benzene rings is 1. The molecule has 0 spiro atoms. The summed E-state index contributed by atoms with van der Waals surface area (Å²) >= 11 is 1.64. The standard InChI is InChI=1S/C16H21N3O2S/c1-12-5-3-4-6-15(12)19-10-13(9-17-19)16(21)18-14(7-8-20)11-22-2/h3-6,9-10,14,20H,7-8,11H2,1-2H3,(H,18,21). The predicted octanol–water partition coefficient (Wildman–Crippen LogP) is 2.02. The van der Waals surface area contributed by atoms with Gasteiger partial charge in [0.05, 0.1) is 17.4 Å². The lowest BCUT2D eigenvalue weighted by Gasteiger charge is -2.15. The third-order valence-electron chi connectivity index (χ3n) is 3.39. The van der Waals surface area contributed by atoms with Gasteiger partial charge in [-0.2, -0.15) is 16.9 Å². The summed E-state index contributed by atoms with van der Waals surface area (Å²) < 4.78 is 1.71. The highest BCUT2D eigenvalue weighted by Gasteiger charge is 2.15. The van der Waals surface area contributed by atoms with Crippen molar-refractivity contribution in [3.05, 3.63) is 47.8 Å². The van der Waals surface area contributed by atoms with Gasteiger partial charge in [-0.3, -0.25) is 4.79 Å². The van der Waals surface area contributed by atoms with Crippen molar-refractivity contribution < 1.29 is 9.90 Å². The lowest BCUT2D eigenvalue weighted by molar-refractivity contribution is 0.0935. The number of carbonyl (C=O) groups excluding carboxylic acids is 1. The van der Waals surface area contributed by atoms with Crippen LogP contribution in [-0.4, -0.2) is 45.5 Å². The number of aliphatic hydroxyl groups is 1. The molecule has 5 nitrogen and oxygen atoms in total. The van der Waals surface area contributed by atoms with E-state index in [2.05, 4.69) is 10.4 Å². The van der Waals surface area contributed by atoms with Gasteiger partial charge in [-0.15, -0.1) is 0 Å². The molecule has 0 bridgehead atoms. The van der Waals surface area contributed by atoms with Gasteiger partial charge >= 0.3 is 0 Å². The smallest absolute Gasteiger partial charge is 0.254 e. The molecule has 22 heavy (non-hydrogen) atoms. The van der Waals surface area contributed by atoms with Gasteiger partial charge in [0, 0.05) is 24.6 Å². The maximum atomic E-state index is 12.3. The number of aromatic nitrogens is 2. The number of rotatable bonds is 7. The zero-order valence-electron chi connectivity index (χ0n) is 12.8. The SMILES string of the molecule is CSCC(CCO)NC(=O)c1cnn(-c2ccccc2C)c1. The Balaban J connectivity index is 2.10. The molecule has 0 radical (unpaired) electrons. The van der Waals surface area contributed by atoms with Crippen LogP contribution in [0.1, 0.15) is 22.3 Å². The van der Waals surface area contributed by atoms with Gasteiger partial charge in [0.15, 0.2) is 0 Å². The number of hydrogen-bond acceptors (Lipinski definition) is 4. The second-order valence-corrected chi connectivity index (χ2v) is 6.01. The van der Waals surface area contributed by atoms with Crippen molar-refractivity contribution in [2.75, 3.05) is 18.6 Å². The predicted molar refractivity (Wildman–Crippen MR) is 89.6 cm³/mol. The van der Waals surface area contributed by atoms with Crippen LogP contribution in [0.25, 0.3) is 5.69 Å². The van der Waals surface area contributed by atoms with Crippen molar-refractivity contribution in [2.45, 2.75) is 19.4 Å². The van der Waals surface area contributed by atoms with E-state index in [0.29, 0.717) is 12.0 Å². The summed E-state index contributed by atoms with van der Waals surface area (Å²) in [6.07, 6.45) is 5.83. The lowest BCUT2D eigenvalue weighted by atomic mass is 10.2. The average Bonchev–Trinajstić information content (AvgIpc) is 2.98. The summed E-state index contributed by atoms with van der Waals surface area (Å²) in [6, 6.07) is 7.85. The summed E-state index contributed by atoms with van der Waals surface area (Å²) in [6.45, 7) is 2.07. The Kier molecular flexibility index (Phi) is 6.03. The topological polar surface area (TPSA) is 67.2 Å². The minimum absolute atomic E-state index is 0.0330. The van der Waals surface area contributed by atoms with Crippen LogP contribution in [0.5, 0.6) is 0 Å². The molecule has 0 aliphatic heterocycles. The van der Waals surface area contributed by atoms with E-state index in [1.807, 2.05) is 37.4 Å². The number of aliphatic hydroxyl groups excluding tert-OH is 1. The molecule has 0 saturated carbocycles. The van der Waals surface area contributed by atoms with E-state index in [4.69, 9.17) is 5.11 Å². The molecule has 1 amide bonds. The number of hydrogen-bond donors (Lipinski definition) is 2. The van der Waals surface area contributed by atoms with Gasteiger partial charge in [-0.1, -0.05) is 18.2 Å². The molecule has 0 aliphatic rings. The van der Waals surface area contributed by atoms with Crippen molar-refractivity contribution >= 4 is 17.7 Å². The van der Waals surface area contributed by atoms with Crippen LogP contribution in [0.15, 0.2) is 36.7 Å². The molecule has 118 valence electrons. The molecule has 1 heterocycles. The fraction of sp³-hybridized carbons (Fsp3) is 0.375. The largest absolute Gasteiger partial charge is 0.396 e. The second kappa shape index (κ2) is 8.00. The molecule has 1 aromatic carbocycles. The van der Waals surface area contributed by atoms with Crippen molar-refractivity contribution in [2.24, 2.45) is 0 Å². The highest BCUT2D eigenvalue weighted by Crippen LogP contribution is 2.13. The van der Waals surface area contributed by atoms with Crippen molar-refractivity contribution in [1.82, 2.24) is 15.1 Å². The van der Waals surface area contributed by atoms with Gasteiger partial charge in [0.25, 0.3) is 5.91 Å². The normalized spacial score (nSPS) is 12.1. The van der Waals surface area contributed by atoms with Gasteiger partial charge in [0.2, 0.25) is 0 Å². The van der Waals surface area contributed by atoms with Crippen LogP contribution in [0.3, 0.4) is 0 Å². The van der Waals surface area contributed by atoms with E-state index < -0.39 is 0 Å². The van der Waals surface area contributed by atoms with E-state index in [1.165, 1.54) is 0 Å². The molecule has 2 rings (SSSR count). The second-order valence-electron chi connectivity index (χ2n) is 5.10. The average molecular weight is 319 g/mol. The van der Waals surface area contributed by atoms with Crippen molar-refractivity contribution in [3.8, 4) is 5.69 Å². The first kappa shape index (κ1) is 16.6. The Morgan fingerprint density at radius 1 is 1.45 bits per heavy atom. The van der Waals surface area contributed by atoms with Crippen LogP contribution >= 0.6 is 11.8 Å². The summed E-state index contributed by atoms with van der Waals surface area (Å²) in [5.74, 6) is 0.616. The molecule has 0 aliphatic carbocycles. The van der Waals surface area contributed by atoms with E-state index in [1.54, 1.807) is 28.8 Å². The minimum Gasteiger partial charge on any atom is -0.396 e. The first-order valence-corrected chi connectivity index (χ1v) is 8.56. The molecular formula is C16H21N3O2S. The Hall–Kier alpha value is -1.79. The Bertz CT molecular complexity index is 621. The van der Waals surface area contributed by atoms with E-state index in [-0.39, 0.29) is 18.6 Å². The highest BCUT2D eigenvalue weighted by molar-refractivity contribution is 7.98. The van der Waals surface area contributed by atoms with Crippen LogP contribution in [0.2, 0.25) is 0 Å². The number of carbonyl (C=O) groups is 1.